The molecule has 0 saturated carbocycles. The van der Waals surface area contributed by atoms with Gasteiger partial charge in [0.25, 0.3) is 5.91 Å². The summed E-state index contributed by atoms with van der Waals surface area (Å²) in [6, 6.07) is 11.6. The van der Waals surface area contributed by atoms with Crippen molar-refractivity contribution < 1.29 is 18.3 Å². The first-order chi connectivity index (χ1) is 12.8. The van der Waals surface area contributed by atoms with Gasteiger partial charge < -0.3 is 10.1 Å². The van der Waals surface area contributed by atoms with Crippen LogP contribution >= 0.6 is 0 Å². The largest absolute Gasteiger partial charge is 0.435 e. The number of carbonyl (C=O) groups is 1. The maximum absolute atomic E-state index is 12.5. The summed E-state index contributed by atoms with van der Waals surface area (Å²) in [5.74, 6) is -0.531. The molecule has 0 aliphatic heterocycles. The Morgan fingerprint density at radius 3 is 2.59 bits per heavy atom. The molecule has 1 aromatic heterocycles. The van der Waals surface area contributed by atoms with Crippen LogP contribution in [0.5, 0.6) is 5.75 Å². The van der Waals surface area contributed by atoms with Crippen LogP contribution in [0.3, 0.4) is 0 Å². The van der Waals surface area contributed by atoms with Crippen LogP contribution < -0.4 is 10.1 Å². The number of nitrogens with one attached hydrogen (secondary N) is 1. The summed E-state index contributed by atoms with van der Waals surface area (Å²) < 4.78 is 29.0. The Morgan fingerprint density at radius 1 is 1.11 bits per heavy atom. The van der Waals surface area contributed by atoms with E-state index in [0.29, 0.717) is 11.4 Å². The number of aryl methyl sites for hydroxylation is 3. The molecule has 0 saturated heterocycles. The molecular weight excluding hydrogens is 354 g/mol. The fraction of sp³-hybridized carbons (Fsp3) is 0.211. The smallest absolute Gasteiger partial charge is 0.387 e. The number of hydrogen-bond donors (Lipinski definition) is 1. The Morgan fingerprint density at radius 2 is 1.89 bits per heavy atom. The van der Waals surface area contributed by atoms with E-state index >= 15 is 0 Å². The highest BCUT2D eigenvalue weighted by Crippen LogP contribution is 2.20. The molecule has 0 atom stereocenters. The molecule has 0 spiro atoms. The van der Waals surface area contributed by atoms with Crippen LogP contribution in [0.2, 0.25) is 0 Å². The van der Waals surface area contributed by atoms with Gasteiger partial charge in [0.05, 0.1) is 11.4 Å². The van der Waals surface area contributed by atoms with Crippen LogP contribution in [0.25, 0.3) is 5.69 Å². The van der Waals surface area contributed by atoms with Crippen molar-refractivity contribution in [3.05, 3.63) is 65.0 Å². The second-order valence-corrected chi connectivity index (χ2v) is 6.07. The van der Waals surface area contributed by atoms with Crippen molar-refractivity contribution in [2.75, 3.05) is 5.32 Å². The molecule has 2 aromatic carbocycles. The molecule has 0 fully saturated rings. The summed E-state index contributed by atoms with van der Waals surface area (Å²) >= 11 is 0. The standard InChI is InChI=1S/C19H18F2N4O2/c1-11-7-8-16(12(2)9-11)25-23-13(3)17(24-25)18(26)22-14-5-4-6-15(10-14)27-19(20)21/h4-10,19H,1-3H3,(H,22,26). The Bertz CT molecular complexity index is 986. The molecule has 8 heteroatoms. The minimum absolute atomic E-state index is 0.0431. The van der Waals surface area contributed by atoms with Gasteiger partial charge in [0.15, 0.2) is 5.69 Å². The SMILES string of the molecule is Cc1ccc(-n2nc(C)c(C(=O)Nc3cccc(OC(F)F)c3)n2)c(C)c1. The van der Waals surface area contributed by atoms with Crippen LogP contribution in [-0.4, -0.2) is 27.5 Å². The highest BCUT2D eigenvalue weighted by molar-refractivity contribution is 6.03. The highest BCUT2D eigenvalue weighted by Gasteiger charge is 2.18. The van der Waals surface area contributed by atoms with Crippen molar-refractivity contribution in [3.63, 3.8) is 0 Å². The number of rotatable bonds is 5. The van der Waals surface area contributed by atoms with Crippen molar-refractivity contribution >= 4 is 11.6 Å². The van der Waals surface area contributed by atoms with E-state index in [0.717, 1.165) is 16.8 Å². The number of nitrogens with zero attached hydrogens (tertiary/aromatic N) is 3. The number of halogens is 2. The Hall–Kier alpha value is -3.29. The zero-order chi connectivity index (χ0) is 19.6. The maximum atomic E-state index is 12.5. The third-order valence-electron chi connectivity index (χ3n) is 3.88. The summed E-state index contributed by atoms with van der Waals surface area (Å²) in [6.07, 6.45) is 0. The monoisotopic (exact) mass is 372 g/mol. The van der Waals surface area contributed by atoms with E-state index in [4.69, 9.17) is 0 Å². The van der Waals surface area contributed by atoms with E-state index in [1.807, 2.05) is 32.0 Å². The predicted octanol–water partition coefficient (Wildman–Crippen LogP) is 4.05. The lowest BCUT2D eigenvalue weighted by Crippen LogP contribution is -2.14. The van der Waals surface area contributed by atoms with Gasteiger partial charge in [0.1, 0.15) is 5.75 Å². The molecule has 1 heterocycles. The third-order valence-corrected chi connectivity index (χ3v) is 3.88. The summed E-state index contributed by atoms with van der Waals surface area (Å²) in [7, 11) is 0. The number of alkyl halides is 2. The number of benzene rings is 2. The molecule has 3 aromatic rings. The van der Waals surface area contributed by atoms with Crippen molar-refractivity contribution in [2.24, 2.45) is 0 Å². The van der Waals surface area contributed by atoms with Gasteiger partial charge >= 0.3 is 6.61 Å². The average molecular weight is 372 g/mol. The van der Waals surface area contributed by atoms with Gasteiger partial charge in [-0.05, 0) is 44.5 Å². The molecule has 0 radical (unpaired) electrons. The van der Waals surface area contributed by atoms with E-state index in [2.05, 4.69) is 20.3 Å². The van der Waals surface area contributed by atoms with Gasteiger partial charge in [-0.2, -0.15) is 18.7 Å². The molecule has 0 unspecified atom stereocenters. The van der Waals surface area contributed by atoms with Crippen LogP contribution in [-0.2, 0) is 0 Å². The molecular formula is C19H18F2N4O2. The summed E-state index contributed by atoms with van der Waals surface area (Å²) in [5, 5.41) is 11.2. The van der Waals surface area contributed by atoms with Crippen molar-refractivity contribution in [2.45, 2.75) is 27.4 Å². The number of anilines is 1. The van der Waals surface area contributed by atoms with Crippen molar-refractivity contribution in [1.29, 1.82) is 0 Å². The highest BCUT2D eigenvalue weighted by atomic mass is 19.3. The molecule has 1 N–H and O–H groups in total. The molecule has 27 heavy (non-hydrogen) atoms. The summed E-state index contributed by atoms with van der Waals surface area (Å²) in [5.41, 5.74) is 3.79. The number of hydrogen-bond acceptors (Lipinski definition) is 4. The average Bonchev–Trinajstić information content (AvgIpc) is 2.96. The fourth-order valence-corrected chi connectivity index (χ4v) is 2.67. The topological polar surface area (TPSA) is 69.0 Å². The van der Waals surface area contributed by atoms with Gasteiger partial charge in [-0.1, -0.05) is 23.8 Å². The molecule has 1 amide bonds. The first kappa shape index (κ1) is 18.5. The van der Waals surface area contributed by atoms with Gasteiger partial charge in [0.2, 0.25) is 0 Å². The van der Waals surface area contributed by atoms with E-state index in [9.17, 15) is 13.6 Å². The summed E-state index contributed by atoms with van der Waals surface area (Å²) in [6.45, 7) is 2.67. The first-order valence-electron chi connectivity index (χ1n) is 8.21. The van der Waals surface area contributed by atoms with E-state index in [-0.39, 0.29) is 11.4 Å². The Balaban J connectivity index is 1.83. The van der Waals surface area contributed by atoms with E-state index in [1.165, 1.54) is 23.0 Å². The zero-order valence-corrected chi connectivity index (χ0v) is 15.0. The molecule has 0 aliphatic rings. The normalized spacial score (nSPS) is 10.9. The van der Waals surface area contributed by atoms with Gasteiger partial charge in [-0.15, -0.1) is 5.10 Å². The number of carbonyl (C=O) groups excluding carboxylic acids is 1. The zero-order valence-electron chi connectivity index (χ0n) is 15.0. The van der Waals surface area contributed by atoms with Gasteiger partial charge in [-0.25, -0.2) is 0 Å². The first-order valence-corrected chi connectivity index (χ1v) is 8.21. The molecule has 3 rings (SSSR count). The second kappa shape index (κ2) is 7.53. The Kier molecular flexibility index (Phi) is 5.16. The van der Waals surface area contributed by atoms with Crippen molar-refractivity contribution in [3.8, 4) is 11.4 Å². The van der Waals surface area contributed by atoms with E-state index < -0.39 is 12.5 Å². The molecule has 0 aliphatic carbocycles. The lowest BCUT2D eigenvalue weighted by atomic mass is 10.1. The maximum Gasteiger partial charge on any atom is 0.387 e. The van der Waals surface area contributed by atoms with Crippen LogP contribution in [0.1, 0.15) is 27.3 Å². The third kappa shape index (κ3) is 4.28. The molecule has 140 valence electrons. The number of amides is 1. The van der Waals surface area contributed by atoms with E-state index in [1.54, 1.807) is 13.0 Å². The minimum Gasteiger partial charge on any atom is -0.435 e. The lowest BCUT2D eigenvalue weighted by Gasteiger charge is -2.07. The predicted molar refractivity (Wildman–Crippen MR) is 96.6 cm³/mol. The molecule has 6 nitrogen and oxygen atoms in total. The summed E-state index contributed by atoms with van der Waals surface area (Å²) in [4.78, 5) is 13.9. The minimum atomic E-state index is -2.93. The number of ether oxygens (including phenoxy) is 1. The van der Waals surface area contributed by atoms with Gasteiger partial charge in [-0.3, -0.25) is 4.79 Å². The fourth-order valence-electron chi connectivity index (χ4n) is 2.67. The van der Waals surface area contributed by atoms with Crippen LogP contribution in [0, 0.1) is 20.8 Å². The van der Waals surface area contributed by atoms with Gasteiger partial charge in [0, 0.05) is 11.8 Å². The van der Waals surface area contributed by atoms with Crippen molar-refractivity contribution in [1.82, 2.24) is 15.0 Å². The van der Waals surface area contributed by atoms with Crippen LogP contribution in [0.15, 0.2) is 42.5 Å². The lowest BCUT2D eigenvalue weighted by molar-refractivity contribution is -0.0497. The Labute approximate surface area is 154 Å². The van der Waals surface area contributed by atoms with Crippen LogP contribution in [0.4, 0.5) is 14.5 Å². The quantitative estimate of drug-likeness (QED) is 0.734. The molecule has 0 bridgehead atoms. The number of aromatic nitrogens is 3. The second-order valence-electron chi connectivity index (χ2n) is 6.07.